The second kappa shape index (κ2) is 4.99. The monoisotopic (exact) mass is 313 g/mol. The minimum atomic E-state index is -1.26. The predicted molar refractivity (Wildman–Crippen MR) is 67.0 cm³/mol. The normalized spacial score (nSPS) is 14.2. The summed E-state index contributed by atoms with van der Waals surface area (Å²) in [5.41, 5.74) is -1.26. The molecule has 0 aliphatic rings. The van der Waals surface area contributed by atoms with Crippen LogP contribution in [0.1, 0.15) is 23.2 Å². The van der Waals surface area contributed by atoms with E-state index in [0.717, 1.165) is 0 Å². The van der Waals surface area contributed by atoms with E-state index in [0.29, 0.717) is 10.4 Å². The highest BCUT2D eigenvalue weighted by atomic mass is 79.9. The Balaban J connectivity index is 1.98. The van der Waals surface area contributed by atoms with Crippen LogP contribution < -0.4 is 5.32 Å². The van der Waals surface area contributed by atoms with Crippen LogP contribution in [0, 0.1) is 0 Å². The van der Waals surface area contributed by atoms with E-state index in [1.165, 1.54) is 6.26 Å². The minimum absolute atomic E-state index is 0.0255. The molecule has 2 aromatic rings. The molecule has 2 N–H and O–H groups in total. The smallest absolute Gasteiger partial charge is 0.287 e. The molecule has 2 rings (SSSR count). The Bertz CT molecular complexity index is 530. The summed E-state index contributed by atoms with van der Waals surface area (Å²) in [7, 11) is 0. The lowest BCUT2D eigenvalue weighted by atomic mass is 10.0. The van der Waals surface area contributed by atoms with Gasteiger partial charge in [-0.1, -0.05) is 0 Å². The average Bonchev–Trinajstić information content (AvgIpc) is 2.96. The van der Waals surface area contributed by atoms with Crippen LogP contribution in [0.5, 0.6) is 0 Å². The number of carbonyl (C=O) groups excluding carboxylic acids is 1. The SMILES string of the molecule is CC(O)(CNC(=O)c1ccc(Br)o1)c1ccco1. The number of hydrogen-bond acceptors (Lipinski definition) is 4. The van der Waals surface area contributed by atoms with Gasteiger partial charge in [-0.25, -0.2) is 0 Å². The van der Waals surface area contributed by atoms with Crippen LogP contribution in [0.2, 0.25) is 0 Å². The summed E-state index contributed by atoms with van der Waals surface area (Å²) in [6.45, 7) is 1.59. The van der Waals surface area contributed by atoms with E-state index in [-0.39, 0.29) is 12.3 Å². The molecular formula is C12H12BrNO4. The first-order valence-corrected chi connectivity index (χ1v) is 6.08. The number of carbonyl (C=O) groups is 1. The summed E-state index contributed by atoms with van der Waals surface area (Å²) in [5, 5.41) is 12.7. The quantitative estimate of drug-likeness (QED) is 0.908. The van der Waals surface area contributed by atoms with Crippen LogP contribution in [-0.2, 0) is 5.60 Å². The van der Waals surface area contributed by atoms with Crippen molar-refractivity contribution >= 4 is 21.8 Å². The summed E-state index contributed by atoms with van der Waals surface area (Å²) in [6.07, 6.45) is 1.47. The average molecular weight is 314 g/mol. The highest BCUT2D eigenvalue weighted by molar-refractivity contribution is 9.10. The summed E-state index contributed by atoms with van der Waals surface area (Å²) < 4.78 is 10.7. The van der Waals surface area contributed by atoms with Crippen LogP contribution in [-0.4, -0.2) is 17.6 Å². The molecule has 0 aliphatic heterocycles. The van der Waals surface area contributed by atoms with E-state index in [2.05, 4.69) is 21.2 Å². The standard InChI is InChI=1S/C12H12BrNO4/c1-12(16,9-3-2-6-17-9)7-14-11(15)8-4-5-10(13)18-8/h2-6,16H,7H2,1H3,(H,14,15). The molecule has 5 nitrogen and oxygen atoms in total. The maximum Gasteiger partial charge on any atom is 0.287 e. The maximum absolute atomic E-state index is 11.7. The molecule has 0 radical (unpaired) electrons. The second-order valence-corrected chi connectivity index (χ2v) is 4.82. The van der Waals surface area contributed by atoms with Crippen LogP contribution in [0.3, 0.4) is 0 Å². The molecular weight excluding hydrogens is 302 g/mol. The number of aliphatic hydroxyl groups is 1. The molecule has 1 unspecified atom stereocenters. The number of furan rings is 2. The van der Waals surface area contributed by atoms with Crippen LogP contribution >= 0.6 is 15.9 Å². The van der Waals surface area contributed by atoms with Gasteiger partial charge in [0.25, 0.3) is 5.91 Å². The number of amides is 1. The first-order valence-electron chi connectivity index (χ1n) is 5.29. The van der Waals surface area contributed by atoms with Gasteiger partial charge < -0.3 is 19.3 Å². The molecule has 96 valence electrons. The van der Waals surface area contributed by atoms with Crippen molar-refractivity contribution in [3.05, 3.63) is 46.7 Å². The third kappa shape index (κ3) is 2.83. The van der Waals surface area contributed by atoms with Crippen molar-refractivity contribution < 1.29 is 18.7 Å². The van der Waals surface area contributed by atoms with E-state index >= 15 is 0 Å². The zero-order valence-corrected chi connectivity index (χ0v) is 11.2. The summed E-state index contributed by atoms with van der Waals surface area (Å²) in [6, 6.07) is 6.49. The molecule has 0 aromatic carbocycles. The number of nitrogens with one attached hydrogen (secondary N) is 1. The van der Waals surface area contributed by atoms with E-state index in [4.69, 9.17) is 8.83 Å². The molecule has 0 aliphatic carbocycles. The lowest BCUT2D eigenvalue weighted by Crippen LogP contribution is -2.38. The highest BCUT2D eigenvalue weighted by Crippen LogP contribution is 2.20. The van der Waals surface area contributed by atoms with Gasteiger partial charge in [0, 0.05) is 0 Å². The number of rotatable bonds is 4. The van der Waals surface area contributed by atoms with Gasteiger partial charge in [-0.3, -0.25) is 4.79 Å². The Kier molecular flexibility index (Phi) is 3.58. The molecule has 6 heteroatoms. The second-order valence-electron chi connectivity index (χ2n) is 4.04. The third-order valence-electron chi connectivity index (χ3n) is 2.44. The number of halogens is 1. The van der Waals surface area contributed by atoms with Gasteiger partial charge >= 0.3 is 0 Å². The van der Waals surface area contributed by atoms with Crippen molar-refractivity contribution in [3.63, 3.8) is 0 Å². The molecule has 18 heavy (non-hydrogen) atoms. The van der Waals surface area contributed by atoms with Crippen molar-refractivity contribution in [2.75, 3.05) is 6.54 Å². The van der Waals surface area contributed by atoms with Gasteiger partial charge in [0.05, 0.1) is 12.8 Å². The van der Waals surface area contributed by atoms with Gasteiger partial charge in [-0.15, -0.1) is 0 Å². The Labute approximate surface area is 112 Å². The van der Waals surface area contributed by atoms with Gasteiger partial charge in [-0.2, -0.15) is 0 Å². The third-order valence-corrected chi connectivity index (χ3v) is 2.87. The Morgan fingerprint density at radius 2 is 2.28 bits per heavy atom. The van der Waals surface area contributed by atoms with E-state index < -0.39 is 11.5 Å². The predicted octanol–water partition coefficient (Wildman–Crippen LogP) is 2.27. The van der Waals surface area contributed by atoms with Gasteiger partial charge in [-0.05, 0) is 47.1 Å². The van der Waals surface area contributed by atoms with Crippen molar-refractivity contribution in [3.8, 4) is 0 Å². The maximum atomic E-state index is 11.7. The molecule has 2 aromatic heterocycles. The molecule has 0 fully saturated rings. The van der Waals surface area contributed by atoms with Gasteiger partial charge in [0.15, 0.2) is 10.4 Å². The molecule has 0 bridgehead atoms. The van der Waals surface area contributed by atoms with Gasteiger partial charge in [0.2, 0.25) is 0 Å². The van der Waals surface area contributed by atoms with Crippen LogP contribution in [0.15, 0.2) is 44.0 Å². The van der Waals surface area contributed by atoms with Crippen molar-refractivity contribution in [1.29, 1.82) is 0 Å². The first kappa shape index (κ1) is 12.9. The first-order chi connectivity index (χ1) is 8.49. The van der Waals surface area contributed by atoms with E-state index in [9.17, 15) is 9.90 Å². The topological polar surface area (TPSA) is 75.6 Å². The zero-order chi connectivity index (χ0) is 13.2. The summed E-state index contributed by atoms with van der Waals surface area (Å²) in [4.78, 5) is 11.7. The fraction of sp³-hybridized carbons (Fsp3) is 0.250. The Morgan fingerprint density at radius 3 is 2.83 bits per heavy atom. The van der Waals surface area contributed by atoms with Crippen molar-refractivity contribution in [1.82, 2.24) is 5.32 Å². The number of hydrogen-bond donors (Lipinski definition) is 2. The van der Waals surface area contributed by atoms with Crippen molar-refractivity contribution in [2.24, 2.45) is 0 Å². The fourth-order valence-corrected chi connectivity index (χ4v) is 1.75. The van der Waals surface area contributed by atoms with Gasteiger partial charge in [0.1, 0.15) is 11.4 Å². The molecule has 2 heterocycles. The molecule has 0 saturated heterocycles. The highest BCUT2D eigenvalue weighted by Gasteiger charge is 2.27. The zero-order valence-electron chi connectivity index (χ0n) is 9.64. The molecule has 1 atom stereocenters. The molecule has 0 saturated carbocycles. The van der Waals surface area contributed by atoms with Crippen LogP contribution in [0.25, 0.3) is 0 Å². The lowest BCUT2D eigenvalue weighted by Gasteiger charge is -2.20. The van der Waals surface area contributed by atoms with Crippen LogP contribution in [0.4, 0.5) is 0 Å². The fourth-order valence-electron chi connectivity index (χ4n) is 1.45. The minimum Gasteiger partial charge on any atom is -0.466 e. The largest absolute Gasteiger partial charge is 0.466 e. The Morgan fingerprint density at radius 1 is 1.50 bits per heavy atom. The summed E-state index contributed by atoms with van der Waals surface area (Å²) in [5.74, 6) is 0.174. The molecule has 1 amide bonds. The lowest BCUT2D eigenvalue weighted by molar-refractivity contribution is 0.0326. The van der Waals surface area contributed by atoms with E-state index in [1.54, 1.807) is 31.2 Å². The molecule has 0 spiro atoms. The van der Waals surface area contributed by atoms with E-state index in [1.807, 2.05) is 0 Å². The van der Waals surface area contributed by atoms with Crippen molar-refractivity contribution in [2.45, 2.75) is 12.5 Å². The summed E-state index contributed by atoms with van der Waals surface area (Å²) >= 11 is 3.11. The Hall–Kier alpha value is -1.53.